The van der Waals surface area contributed by atoms with Gasteiger partial charge in [-0.3, -0.25) is 4.68 Å². The van der Waals surface area contributed by atoms with Gasteiger partial charge in [0.05, 0.1) is 6.20 Å². The lowest BCUT2D eigenvalue weighted by Gasteiger charge is -2.25. The molecule has 2 unspecified atom stereocenters. The first-order chi connectivity index (χ1) is 9.35. The van der Waals surface area contributed by atoms with Gasteiger partial charge in [0.2, 0.25) is 0 Å². The normalized spacial score (nSPS) is 24.3. The van der Waals surface area contributed by atoms with E-state index in [0.717, 1.165) is 19.5 Å². The summed E-state index contributed by atoms with van der Waals surface area (Å²) in [6.07, 6.45) is 13.5. The third-order valence-corrected chi connectivity index (χ3v) is 4.21. The molecular formula is C16H29N3. The van der Waals surface area contributed by atoms with Crippen molar-refractivity contribution in [3.05, 3.63) is 18.0 Å². The van der Waals surface area contributed by atoms with Crippen molar-refractivity contribution in [3.8, 4) is 0 Å². The monoisotopic (exact) mass is 263 g/mol. The second-order valence-electron chi connectivity index (χ2n) is 5.84. The van der Waals surface area contributed by atoms with Crippen LogP contribution in [0.15, 0.2) is 12.4 Å². The van der Waals surface area contributed by atoms with Gasteiger partial charge < -0.3 is 5.32 Å². The summed E-state index contributed by atoms with van der Waals surface area (Å²) in [5.41, 5.74) is 1.45. The third kappa shape index (κ3) is 4.07. The molecule has 0 radical (unpaired) electrons. The summed E-state index contributed by atoms with van der Waals surface area (Å²) in [5, 5.41) is 8.28. The molecule has 2 rings (SSSR count). The predicted octanol–water partition coefficient (Wildman–Crippen LogP) is 3.71. The van der Waals surface area contributed by atoms with E-state index in [-0.39, 0.29) is 0 Å². The fraction of sp³-hybridized carbons (Fsp3) is 0.812. The summed E-state index contributed by atoms with van der Waals surface area (Å²) >= 11 is 0. The van der Waals surface area contributed by atoms with E-state index in [2.05, 4.69) is 41.3 Å². The fourth-order valence-electron chi connectivity index (χ4n) is 3.20. The maximum Gasteiger partial charge on any atom is 0.0525 e. The van der Waals surface area contributed by atoms with Gasteiger partial charge in [0.25, 0.3) is 0 Å². The highest BCUT2D eigenvalue weighted by molar-refractivity contribution is 5.15. The van der Waals surface area contributed by atoms with E-state index in [9.17, 15) is 0 Å². The van der Waals surface area contributed by atoms with Crippen LogP contribution < -0.4 is 5.32 Å². The molecule has 0 aliphatic heterocycles. The molecular weight excluding hydrogens is 234 g/mol. The van der Waals surface area contributed by atoms with Crippen LogP contribution in [0.4, 0.5) is 0 Å². The largest absolute Gasteiger partial charge is 0.313 e. The molecule has 0 saturated heterocycles. The Labute approximate surface area is 117 Å². The van der Waals surface area contributed by atoms with E-state index < -0.39 is 0 Å². The van der Waals surface area contributed by atoms with Crippen LogP contribution >= 0.6 is 0 Å². The molecule has 108 valence electrons. The molecule has 0 spiro atoms. The number of aromatic nitrogens is 2. The average Bonchev–Trinajstić information content (AvgIpc) is 2.74. The van der Waals surface area contributed by atoms with Crippen LogP contribution in [0.25, 0.3) is 0 Å². The second kappa shape index (κ2) is 7.68. The van der Waals surface area contributed by atoms with E-state index in [1.54, 1.807) is 0 Å². The zero-order valence-corrected chi connectivity index (χ0v) is 12.6. The molecule has 1 aromatic rings. The summed E-state index contributed by atoms with van der Waals surface area (Å²) in [6.45, 7) is 6.64. The number of hydrogen-bond donors (Lipinski definition) is 1. The third-order valence-electron chi connectivity index (χ3n) is 4.21. The molecule has 1 aliphatic rings. The Bertz CT molecular complexity index is 359. The molecule has 1 fully saturated rings. The Morgan fingerprint density at radius 1 is 1.21 bits per heavy atom. The van der Waals surface area contributed by atoms with Crippen LogP contribution in [0.5, 0.6) is 0 Å². The van der Waals surface area contributed by atoms with Crippen molar-refractivity contribution in [2.24, 2.45) is 0 Å². The highest BCUT2D eigenvalue weighted by Crippen LogP contribution is 2.31. The molecule has 1 aromatic heterocycles. The lowest BCUT2D eigenvalue weighted by atomic mass is 9.89. The standard InChI is InChI=1S/C16H29N3/c1-3-10-17-16-9-7-5-6-8-15(16)14-12-18-19(13-14)11-4-2/h12-13,15-17H,3-11H2,1-2H3. The fourth-order valence-corrected chi connectivity index (χ4v) is 3.20. The van der Waals surface area contributed by atoms with Gasteiger partial charge in [-0.2, -0.15) is 5.10 Å². The summed E-state index contributed by atoms with van der Waals surface area (Å²) in [7, 11) is 0. The number of aryl methyl sites for hydroxylation is 1. The molecule has 3 nitrogen and oxygen atoms in total. The van der Waals surface area contributed by atoms with E-state index in [4.69, 9.17) is 0 Å². The van der Waals surface area contributed by atoms with Crippen LogP contribution in [0, 0.1) is 0 Å². The molecule has 1 heterocycles. The van der Waals surface area contributed by atoms with E-state index in [0.29, 0.717) is 12.0 Å². The Morgan fingerprint density at radius 3 is 2.84 bits per heavy atom. The molecule has 1 saturated carbocycles. The van der Waals surface area contributed by atoms with E-state index >= 15 is 0 Å². The molecule has 3 heteroatoms. The van der Waals surface area contributed by atoms with Crippen molar-refractivity contribution >= 4 is 0 Å². The summed E-state index contributed by atoms with van der Waals surface area (Å²) < 4.78 is 2.11. The molecule has 1 aliphatic carbocycles. The zero-order chi connectivity index (χ0) is 13.5. The first-order valence-corrected chi connectivity index (χ1v) is 8.10. The van der Waals surface area contributed by atoms with Gasteiger partial charge in [-0.05, 0) is 37.8 Å². The molecule has 1 N–H and O–H groups in total. The van der Waals surface area contributed by atoms with Crippen molar-refractivity contribution < 1.29 is 0 Å². The Kier molecular flexibility index (Phi) is 5.90. The van der Waals surface area contributed by atoms with Crippen molar-refractivity contribution in [1.82, 2.24) is 15.1 Å². The van der Waals surface area contributed by atoms with Gasteiger partial charge in [-0.15, -0.1) is 0 Å². The topological polar surface area (TPSA) is 29.9 Å². The number of rotatable bonds is 6. The van der Waals surface area contributed by atoms with Crippen LogP contribution in [-0.4, -0.2) is 22.4 Å². The molecule has 0 amide bonds. The first kappa shape index (κ1) is 14.6. The minimum Gasteiger partial charge on any atom is -0.313 e. The lowest BCUT2D eigenvalue weighted by Crippen LogP contribution is -2.34. The van der Waals surface area contributed by atoms with E-state index in [1.165, 1.54) is 44.1 Å². The van der Waals surface area contributed by atoms with Crippen molar-refractivity contribution in [3.63, 3.8) is 0 Å². The highest BCUT2D eigenvalue weighted by atomic mass is 15.3. The first-order valence-electron chi connectivity index (χ1n) is 8.10. The van der Waals surface area contributed by atoms with Gasteiger partial charge in [0.15, 0.2) is 0 Å². The highest BCUT2D eigenvalue weighted by Gasteiger charge is 2.25. The Balaban J connectivity index is 2.06. The maximum atomic E-state index is 4.52. The number of nitrogens with one attached hydrogen (secondary N) is 1. The van der Waals surface area contributed by atoms with Crippen LogP contribution in [0.1, 0.15) is 70.3 Å². The summed E-state index contributed by atoms with van der Waals surface area (Å²) in [5.74, 6) is 0.666. The second-order valence-corrected chi connectivity index (χ2v) is 5.84. The van der Waals surface area contributed by atoms with Gasteiger partial charge in [0, 0.05) is 24.7 Å². The minimum absolute atomic E-state index is 0.654. The van der Waals surface area contributed by atoms with Crippen LogP contribution in [0.3, 0.4) is 0 Å². The van der Waals surface area contributed by atoms with Crippen molar-refractivity contribution in [2.75, 3.05) is 6.54 Å². The predicted molar refractivity (Wildman–Crippen MR) is 80.4 cm³/mol. The van der Waals surface area contributed by atoms with Crippen LogP contribution in [-0.2, 0) is 6.54 Å². The molecule has 19 heavy (non-hydrogen) atoms. The van der Waals surface area contributed by atoms with Gasteiger partial charge >= 0.3 is 0 Å². The van der Waals surface area contributed by atoms with Gasteiger partial charge in [-0.25, -0.2) is 0 Å². The Hall–Kier alpha value is -0.830. The average molecular weight is 263 g/mol. The quantitative estimate of drug-likeness (QED) is 0.793. The van der Waals surface area contributed by atoms with Crippen LogP contribution in [0.2, 0.25) is 0 Å². The summed E-state index contributed by atoms with van der Waals surface area (Å²) in [4.78, 5) is 0. The van der Waals surface area contributed by atoms with Crippen molar-refractivity contribution in [1.29, 1.82) is 0 Å². The van der Waals surface area contributed by atoms with Gasteiger partial charge in [0.1, 0.15) is 0 Å². The summed E-state index contributed by atoms with van der Waals surface area (Å²) in [6, 6.07) is 0.654. The van der Waals surface area contributed by atoms with Gasteiger partial charge in [-0.1, -0.05) is 33.1 Å². The minimum atomic E-state index is 0.654. The van der Waals surface area contributed by atoms with Crippen molar-refractivity contribution in [2.45, 2.75) is 77.3 Å². The molecule has 0 bridgehead atoms. The SMILES string of the molecule is CCCNC1CCCCCC1c1cnn(CCC)c1. The molecule has 0 aromatic carbocycles. The number of hydrogen-bond acceptors (Lipinski definition) is 2. The smallest absolute Gasteiger partial charge is 0.0525 e. The molecule has 2 atom stereocenters. The lowest BCUT2D eigenvalue weighted by molar-refractivity contribution is 0.410. The zero-order valence-electron chi connectivity index (χ0n) is 12.6. The maximum absolute atomic E-state index is 4.52. The Morgan fingerprint density at radius 2 is 2.05 bits per heavy atom. The number of nitrogens with zero attached hydrogens (tertiary/aromatic N) is 2. The van der Waals surface area contributed by atoms with E-state index in [1.807, 2.05) is 0 Å².